The van der Waals surface area contributed by atoms with Gasteiger partial charge in [-0.1, -0.05) is 19.8 Å². The van der Waals surface area contributed by atoms with E-state index in [1.54, 1.807) is 0 Å². The fourth-order valence-electron chi connectivity index (χ4n) is 2.72. The van der Waals surface area contributed by atoms with Crippen molar-refractivity contribution in [2.45, 2.75) is 32.2 Å². The fourth-order valence-corrected chi connectivity index (χ4v) is 2.72. The van der Waals surface area contributed by atoms with Crippen LogP contribution in [0.1, 0.15) is 37.8 Å². The summed E-state index contributed by atoms with van der Waals surface area (Å²) in [5.74, 6) is -0.0644. The lowest BCUT2D eigenvalue weighted by molar-refractivity contribution is 0.160. The van der Waals surface area contributed by atoms with E-state index in [0.717, 1.165) is 51.0 Å². The van der Waals surface area contributed by atoms with Crippen molar-refractivity contribution in [2.75, 3.05) is 26.2 Å². The molecule has 0 aliphatic carbocycles. The van der Waals surface area contributed by atoms with Crippen LogP contribution in [0.25, 0.3) is 0 Å². The molecular weight excluding hydrogens is 279 g/mol. The maximum Gasteiger partial charge on any atom is 0.123 e. The summed E-state index contributed by atoms with van der Waals surface area (Å²) in [6, 6.07) is 4.38. The molecule has 0 radical (unpaired) electrons. The molecule has 5 heteroatoms. The average molecular weight is 303 g/mol. The summed E-state index contributed by atoms with van der Waals surface area (Å²) in [6.45, 7) is 5.96. The van der Waals surface area contributed by atoms with Crippen molar-refractivity contribution >= 4 is 12.4 Å². The van der Waals surface area contributed by atoms with E-state index in [1.165, 1.54) is 18.2 Å². The fraction of sp³-hybridized carbons (Fsp3) is 0.600. The van der Waals surface area contributed by atoms with E-state index in [4.69, 9.17) is 0 Å². The van der Waals surface area contributed by atoms with E-state index in [9.17, 15) is 9.50 Å². The van der Waals surface area contributed by atoms with Crippen LogP contribution in [0.2, 0.25) is 0 Å². The van der Waals surface area contributed by atoms with Crippen LogP contribution >= 0.6 is 12.4 Å². The largest absolute Gasteiger partial charge is 0.508 e. The lowest BCUT2D eigenvalue weighted by Gasteiger charge is -2.35. The second-order valence-corrected chi connectivity index (χ2v) is 5.15. The summed E-state index contributed by atoms with van der Waals surface area (Å²) < 4.78 is 13.5. The number of hydrogen-bond acceptors (Lipinski definition) is 3. The molecule has 0 bridgehead atoms. The normalized spacial score (nSPS) is 17.5. The third-order valence-corrected chi connectivity index (χ3v) is 3.77. The molecule has 1 aromatic carbocycles. The number of benzene rings is 1. The Labute approximate surface area is 126 Å². The molecular formula is C15H24ClFN2O. The van der Waals surface area contributed by atoms with Gasteiger partial charge in [-0.25, -0.2) is 4.39 Å². The molecule has 1 heterocycles. The highest BCUT2D eigenvalue weighted by Crippen LogP contribution is 2.33. The molecule has 2 rings (SSSR count). The third-order valence-electron chi connectivity index (χ3n) is 3.77. The molecule has 1 aromatic rings. The van der Waals surface area contributed by atoms with Gasteiger partial charge in [-0.3, -0.25) is 4.90 Å². The summed E-state index contributed by atoms with van der Waals surface area (Å²) in [5.41, 5.74) is 0.732. The summed E-state index contributed by atoms with van der Waals surface area (Å²) in [4.78, 5) is 2.35. The van der Waals surface area contributed by atoms with E-state index in [1.807, 2.05) is 0 Å². The number of nitrogens with zero attached hydrogens (tertiary/aromatic N) is 1. The van der Waals surface area contributed by atoms with Crippen molar-refractivity contribution in [1.82, 2.24) is 10.2 Å². The Kier molecular flexibility index (Phi) is 7.27. The molecule has 3 nitrogen and oxygen atoms in total. The van der Waals surface area contributed by atoms with Gasteiger partial charge in [0, 0.05) is 37.8 Å². The van der Waals surface area contributed by atoms with Crippen LogP contribution in [0.3, 0.4) is 0 Å². The van der Waals surface area contributed by atoms with Gasteiger partial charge in [-0.2, -0.15) is 0 Å². The van der Waals surface area contributed by atoms with E-state index in [2.05, 4.69) is 17.1 Å². The Morgan fingerprint density at radius 2 is 2.05 bits per heavy atom. The highest BCUT2D eigenvalue weighted by molar-refractivity contribution is 5.85. The predicted molar refractivity (Wildman–Crippen MR) is 82.0 cm³/mol. The van der Waals surface area contributed by atoms with E-state index in [-0.39, 0.29) is 30.0 Å². The Balaban J connectivity index is 0.00000200. The molecule has 0 spiro atoms. The van der Waals surface area contributed by atoms with Crippen molar-refractivity contribution in [3.05, 3.63) is 29.6 Å². The predicted octanol–water partition coefficient (Wildman–Crippen LogP) is 3.09. The Morgan fingerprint density at radius 3 is 2.70 bits per heavy atom. The first-order valence-electron chi connectivity index (χ1n) is 7.15. The van der Waals surface area contributed by atoms with Crippen LogP contribution in [-0.4, -0.2) is 36.2 Å². The number of nitrogens with one attached hydrogen (secondary N) is 1. The first-order chi connectivity index (χ1) is 9.22. The van der Waals surface area contributed by atoms with Crippen molar-refractivity contribution in [3.63, 3.8) is 0 Å². The van der Waals surface area contributed by atoms with Crippen LogP contribution in [0.5, 0.6) is 5.75 Å². The highest BCUT2D eigenvalue weighted by Gasteiger charge is 2.24. The molecule has 1 atom stereocenters. The number of aromatic hydroxyl groups is 1. The molecule has 1 fully saturated rings. The summed E-state index contributed by atoms with van der Waals surface area (Å²) in [6.07, 6.45) is 3.16. The topological polar surface area (TPSA) is 35.5 Å². The smallest absolute Gasteiger partial charge is 0.123 e. The standard InChI is InChI=1S/C15H23FN2O.ClH/c1-2-3-4-14(18-9-7-17-8-10-18)13-11-12(16)5-6-15(13)19;/h5-6,11,14,17,19H,2-4,7-10H2,1H3;1H/t14-;/m0./s1. The van der Waals surface area contributed by atoms with Crippen molar-refractivity contribution in [3.8, 4) is 5.75 Å². The van der Waals surface area contributed by atoms with Gasteiger partial charge >= 0.3 is 0 Å². The highest BCUT2D eigenvalue weighted by atomic mass is 35.5. The summed E-state index contributed by atoms with van der Waals surface area (Å²) in [7, 11) is 0. The molecule has 1 aliphatic rings. The molecule has 0 aromatic heterocycles. The minimum Gasteiger partial charge on any atom is -0.508 e. The van der Waals surface area contributed by atoms with Gasteiger partial charge in [0.15, 0.2) is 0 Å². The number of unbranched alkanes of at least 4 members (excludes halogenated alkanes) is 1. The Morgan fingerprint density at radius 1 is 1.35 bits per heavy atom. The second-order valence-electron chi connectivity index (χ2n) is 5.15. The first-order valence-corrected chi connectivity index (χ1v) is 7.15. The Bertz CT molecular complexity index is 411. The van der Waals surface area contributed by atoms with Gasteiger partial charge in [-0.15, -0.1) is 12.4 Å². The molecule has 0 amide bonds. The van der Waals surface area contributed by atoms with Crippen LogP contribution in [0, 0.1) is 5.82 Å². The van der Waals surface area contributed by atoms with Crippen molar-refractivity contribution in [2.24, 2.45) is 0 Å². The van der Waals surface area contributed by atoms with E-state index in [0.29, 0.717) is 0 Å². The number of halogens is 2. The number of hydrogen-bond donors (Lipinski definition) is 2. The number of rotatable bonds is 5. The maximum atomic E-state index is 13.5. The molecule has 1 aliphatic heterocycles. The first kappa shape index (κ1) is 17.2. The summed E-state index contributed by atoms with van der Waals surface area (Å²) in [5, 5.41) is 13.4. The van der Waals surface area contributed by atoms with Crippen LogP contribution in [-0.2, 0) is 0 Å². The van der Waals surface area contributed by atoms with Crippen LogP contribution in [0.15, 0.2) is 18.2 Å². The van der Waals surface area contributed by atoms with Crippen molar-refractivity contribution < 1.29 is 9.50 Å². The number of phenolic OH excluding ortho intramolecular Hbond substituents is 1. The third kappa shape index (κ3) is 4.33. The zero-order valence-electron chi connectivity index (χ0n) is 11.9. The maximum absolute atomic E-state index is 13.5. The quantitative estimate of drug-likeness (QED) is 0.877. The van der Waals surface area contributed by atoms with Gasteiger partial charge in [0.25, 0.3) is 0 Å². The molecule has 20 heavy (non-hydrogen) atoms. The van der Waals surface area contributed by atoms with Crippen LogP contribution in [0.4, 0.5) is 4.39 Å². The van der Waals surface area contributed by atoms with E-state index < -0.39 is 0 Å². The number of piperazine rings is 1. The van der Waals surface area contributed by atoms with E-state index >= 15 is 0 Å². The minimum atomic E-state index is -0.274. The van der Waals surface area contributed by atoms with Gasteiger partial charge in [0.2, 0.25) is 0 Å². The van der Waals surface area contributed by atoms with Gasteiger partial charge in [0.05, 0.1) is 0 Å². The minimum absolute atomic E-state index is 0. The molecule has 2 N–H and O–H groups in total. The van der Waals surface area contributed by atoms with Gasteiger partial charge < -0.3 is 10.4 Å². The Hall–Kier alpha value is -0.840. The SMILES string of the molecule is CCCC[C@@H](c1cc(F)ccc1O)N1CCNCC1.Cl. The summed E-state index contributed by atoms with van der Waals surface area (Å²) >= 11 is 0. The van der Waals surface area contributed by atoms with Crippen LogP contribution < -0.4 is 5.32 Å². The van der Waals surface area contributed by atoms with Crippen molar-refractivity contribution in [1.29, 1.82) is 0 Å². The zero-order valence-corrected chi connectivity index (χ0v) is 12.8. The van der Waals surface area contributed by atoms with Gasteiger partial charge in [0.1, 0.15) is 11.6 Å². The second kappa shape index (κ2) is 8.45. The average Bonchev–Trinajstić information content (AvgIpc) is 2.44. The lowest BCUT2D eigenvalue weighted by atomic mass is 9.97. The molecule has 0 saturated carbocycles. The number of phenols is 1. The molecule has 1 saturated heterocycles. The lowest BCUT2D eigenvalue weighted by Crippen LogP contribution is -2.45. The van der Waals surface area contributed by atoms with Gasteiger partial charge in [-0.05, 0) is 24.6 Å². The monoisotopic (exact) mass is 302 g/mol. The molecule has 114 valence electrons. The zero-order chi connectivity index (χ0) is 13.7. The molecule has 0 unspecified atom stereocenters.